The zero-order valence-electron chi connectivity index (χ0n) is 12.1. The SMILES string of the molecule is CCOC(=O)CCNC(=O)CCC(=O)OC(C)(C)C. The number of rotatable bonds is 7. The minimum absolute atomic E-state index is 0.0303. The van der Waals surface area contributed by atoms with Gasteiger partial charge in [-0.15, -0.1) is 0 Å². The number of carbonyl (C=O) groups excluding carboxylic acids is 3. The molecule has 0 aliphatic carbocycles. The van der Waals surface area contributed by atoms with Gasteiger partial charge in [-0.25, -0.2) is 0 Å². The predicted octanol–water partition coefficient (Wildman–Crippen LogP) is 1.18. The van der Waals surface area contributed by atoms with Crippen molar-refractivity contribution >= 4 is 17.8 Å². The molecule has 0 atom stereocenters. The van der Waals surface area contributed by atoms with E-state index in [-0.39, 0.29) is 37.7 Å². The van der Waals surface area contributed by atoms with Crippen molar-refractivity contribution < 1.29 is 23.9 Å². The molecule has 1 N–H and O–H groups in total. The van der Waals surface area contributed by atoms with Crippen molar-refractivity contribution in [3.05, 3.63) is 0 Å². The van der Waals surface area contributed by atoms with Crippen LogP contribution in [-0.4, -0.2) is 36.6 Å². The maximum Gasteiger partial charge on any atom is 0.307 e. The van der Waals surface area contributed by atoms with E-state index in [2.05, 4.69) is 5.32 Å². The summed E-state index contributed by atoms with van der Waals surface area (Å²) in [4.78, 5) is 33.7. The van der Waals surface area contributed by atoms with Crippen LogP contribution in [0.5, 0.6) is 0 Å². The Morgan fingerprint density at radius 2 is 1.63 bits per heavy atom. The first-order valence-electron chi connectivity index (χ1n) is 6.38. The van der Waals surface area contributed by atoms with Gasteiger partial charge in [0.1, 0.15) is 5.60 Å². The molecule has 6 nitrogen and oxygen atoms in total. The number of hydrogen-bond donors (Lipinski definition) is 1. The van der Waals surface area contributed by atoms with E-state index in [1.165, 1.54) is 0 Å². The van der Waals surface area contributed by atoms with Gasteiger partial charge in [-0.3, -0.25) is 14.4 Å². The summed E-state index contributed by atoms with van der Waals surface area (Å²) in [5.74, 6) is -1.04. The first-order chi connectivity index (χ1) is 8.74. The number of esters is 2. The van der Waals surface area contributed by atoms with Crippen LogP contribution in [0.3, 0.4) is 0 Å². The summed E-state index contributed by atoms with van der Waals surface area (Å²) in [6, 6.07) is 0. The van der Waals surface area contributed by atoms with Crippen molar-refractivity contribution in [2.75, 3.05) is 13.2 Å². The number of ether oxygens (including phenoxy) is 2. The van der Waals surface area contributed by atoms with Gasteiger partial charge in [0.05, 0.1) is 19.4 Å². The number of carbonyl (C=O) groups is 3. The lowest BCUT2D eigenvalue weighted by atomic mass is 10.2. The molecule has 0 aliphatic rings. The van der Waals surface area contributed by atoms with Gasteiger partial charge in [0.25, 0.3) is 0 Å². The lowest BCUT2D eigenvalue weighted by molar-refractivity contribution is -0.155. The molecular weight excluding hydrogens is 250 g/mol. The maximum atomic E-state index is 11.4. The van der Waals surface area contributed by atoms with E-state index in [0.717, 1.165) is 0 Å². The molecule has 1 amide bonds. The van der Waals surface area contributed by atoms with Crippen molar-refractivity contribution in [2.24, 2.45) is 0 Å². The van der Waals surface area contributed by atoms with Crippen LogP contribution in [0, 0.1) is 0 Å². The molecule has 0 aromatic carbocycles. The Kier molecular flexibility index (Phi) is 7.79. The molecule has 0 bridgehead atoms. The Balaban J connectivity index is 3.70. The molecule has 0 spiro atoms. The molecule has 0 rings (SSSR count). The number of amides is 1. The highest BCUT2D eigenvalue weighted by molar-refractivity contribution is 5.81. The van der Waals surface area contributed by atoms with E-state index in [1.54, 1.807) is 27.7 Å². The maximum absolute atomic E-state index is 11.4. The van der Waals surface area contributed by atoms with Gasteiger partial charge in [-0.2, -0.15) is 0 Å². The second kappa shape index (κ2) is 8.50. The minimum atomic E-state index is -0.544. The standard InChI is InChI=1S/C13H23NO5/c1-5-18-11(16)8-9-14-10(15)6-7-12(17)19-13(2,3)4/h5-9H2,1-4H3,(H,14,15). The van der Waals surface area contributed by atoms with E-state index in [4.69, 9.17) is 9.47 Å². The summed E-state index contributed by atoms with van der Waals surface area (Å²) in [6.45, 7) is 7.56. The highest BCUT2D eigenvalue weighted by atomic mass is 16.6. The molecule has 0 unspecified atom stereocenters. The van der Waals surface area contributed by atoms with E-state index in [9.17, 15) is 14.4 Å². The first-order valence-corrected chi connectivity index (χ1v) is 6.38. The third-order valence-electron chi connectivity index (χ3n) is 1.93. The molecule has 0 aromatic rings. The summed E-state index contributed by atoms with van der Waals surface area (Å²) in [7, 11) is 0. The molecule has 0 aliphatic heterocycles. The van der Waals surface area contributed by atoms with Crippen molar-refractivity contribution in [3.63, 3.8) is 0 Å². The minimum Gasteiger partial charge on any atom is -0.466 e. The first kappa shape index (κ1) is 17.4. The molecule has 6 heteroatoms. The molecule has 0 saturated heterocycles. The summed E-state index contributed by atoms with van der Waals surface area (Å²) in [5, 5.41) is 2.54. The van der Waals surface area contributed by atoms with Crippen LogP contribution in [0.2, 0.25) is 0 Å². The van der Waals surface area contributed by atoms with Crippen LogP contribution in [0.25, 0.3) is 0 Å². The van der Waals surface area contributed by atoms with E-state index >= 15 is 0 Å². The largest absolute Gasteiger partial charge is 0.466 e. The van der Waals surface area contributed by atoms with Gasteiger partial charge < -0.3 is 14.8 Å². The number of hydrogen-bond acceptors (Lipinski definition) is 5. The fourth-order valence-electron chi connectivity index (χ4n) is 1.23. The Labute approximate surface area is 113 Å². The molecule has 0 aromatic heterocycles. The molecule has 0 heterocycles. The third-order valence-corrected chi connectivity index (χ3v) is 1.93. The van der Waals surface area contributed by atoms with Crippen LogP contribution >= 0.6 is 0 Å². The third kappa shape index (κ3) is 11.2. The van der Waals surface area contributed by atoms with Gasteiger partial charge >= 0.3 is 11.9 Å². The Morgan fingerprint density at radius 3 is 2.16 bits per heavy atom. The zero-order valence-corrected chi connectivity index (χ0v) is 12.1. The normalized spacial score (nSPS) is 10.7. The lowest BCUT2D eigenvalue weighted by Crippen LogP contribution is -2.28. The second-order valence-electron chi connectivity index (χ2n) is 4.99. The van der Waals surface area contributed by atoms with Crippen LogP contribution in [0.15, 0.2) is 0 Å². The highest BCUT2D eigenvalue weighted by Crippen LogP contribution is 2.08. The van der Waals surface area contributed by atoms with Crippen LogP contribution in [-0.2, 0) is 23.9 Å². The van der Waals surface area contributed by atoms with Gasteiger partial charge in [-0.05, 0) is 27.7 Å². The van der Waals surface area contributed by atoms with Gasteiger partial charge in [0.2, 0.25) is 5.91 Å². The number of nitrogens with one attached hydrogen (secondary N) is 1. The van der Waals surface area contributed by atoms with E-state index < -0.39 is 11.6 Å². The Hall–Kier alpha value is -1.59. The molecule has 19 heavy (non-hydrogen) atoms. The predicted molar refractivity (Wildman–Crippen MR) is 69.3 cm³/mol. The monoisotopic (exact) mass is 273 g/mol. The zero-order chi connectivity index (χ0) is 14.9. The Bertz CT molecular complexity index is 319. The van der Waals surface area contributed by atoms with Crippen molar-refractivity contribution in [2.45, 2.75) is 52.6 Å². The summed E-state index contributed by atoms with van der Waals surface area (Å²) in [6.07, 6.45) is 0.215. The molecule has 0 fully saturated rings. The summed E-state index contributed by atoms with van der Waals surface area (Å²) in [5.41, 5.74) is -0.544. The highest BCUT2D eigenvalue weighted by Gasteiger charge is 2.17. The van der Waals surface area contributed by atoms with Crippen molar-refractivity contribution in [3.8, 4) is 0 Å². The van der Waals surface area contributed by atoms with Crippen LogP contribution in [0.1, 0.15) is 47.0 Å². The van der Waals surface area contributed by atoms with E-state index in [0.29, 0.717) is 6.61 Å². The fraction of sp³-hybridized carbons (Fsp3) is 0.769. The lowest BCUT2D eigenvalue weighted by Gasteiger charge is -2.19. The average molecular weight is 273 g/mol. The smallest absolute Gasteiger partial charge is 0.307 e. The quantitative estimate of drug-likeness (QED) is 0.704. The molecule has 0 saturated carbocycles. The second-order valence-corrected chi connectivity index (χ2v) is 4.99. The van der Waals surface area contributed by atoms with Crippen molar-refractivity contribution in [1.29, 1.82) is 0 Å². The molecular formula is C13H23NO5. The van der Waals surface area contributed by atoms with Gasteiger partial charge in [0.15, 0.2) is 0 Å². The van der Waals surface area contributed by atoms with Gasteiger partial charge in [0, 0.05) is 13.0 Å². The topological polar surface area (TPSA) is 81.7 Å². The summed E-state index contributed by atoms with van der Waals surface area (Å²) >= 11 is 0. The summed E-state index contributed by atoms with van der Waals surface area (Å²) < 4.78 is 9.78. The fourth-order valence-corrected chi connectivity index (χ4v) is 1.23. The van der Waals surface area contributed by atoms with E-state index in [1.807, 2.05) is 0 Å². The molecule has 110 valence electrons. The van der Waals surface area contributed by atoms with Gasteiger partial charge in [-0.1, -0.05) is 0 Å². The van der Waals surface area contributed by atoms with Crippen LogP contribution in [0.4, 0.5) is 0 Å². The molecule has 0 radical (unpaired) electrons. The van der Waals surface area contributed by atoms with Crippen LogP contribution < -0.4 is 5.32 Å². The van der Waals surface area contributed by atoms with Crippen molar-refractivity contribution in [1.82, 2.24) is 5.32 Å². The average Bonchev–Trinajstić information content (AvgIpc) is 2.24. The Morgan fingerprint density at radius 1 is 1.00 bits per heavy atom.